The van der Waals surface area contributed by atoms with Crippen LogP contribution in [0.2, 0.25) is 0 Å². The Labute approximate surface area is 130 Å². The largest absolute Gasteiger partial charge is 0.390 e. The minimum absolute atomic E-state index is 0.0255. The predicted molar refractivity (Wildman–Crippen MR) is 84.6 cm³/mol. The molecule has 0 aromatic heterocycles. The maximum Gasteiger partial charge on any atom is 0.132 e. The Morgan fingerprint density at radius 3 is 1.90 bits per heavy atom. The van der Waals surface area contributed by atoms with Crippen molar-refractivity contribution in [3.05, 3.63) is 0 Å². The van der Waals surface area contributed by atoms with Gasteiger partial charge in [-0.05, 0) is 27.2 Å². The molecule has 0 aliphatic rings. The molecule has 0 bridgehead atoms. The first-order valence-corrected chi connectivity index (χ1v) is 7.69. The van der Waals surface area contributed by atoms with E-state index in [2.05, 4.69) is 6.92 Å². The minimum atomic E-state index is -0.828. The van der Waals surface area contributed by atoms with Crippen LogP contribution in [0.5, 0.6) is 0 Å². The molecule has 1 N–H and O–H groups in total. The fourth-order valence-electron chi connectivity index (χ4n) is 1.53. The topological polar surface area (TPSA) is 65.0 Å². The number of methoxy groups -OCH3 is 1. The average molecular weight is 306 g/mol. The highest BCUT2D eigenvalue weighted by Crippen LogP contribution is 2.06. The second kappa shape index (κ2) is 15.9. The molecule has 0 aromatic rings. The number of unbranched alkanes of at least 4 members (excludes halogenated alkanes) is 2. The molecule has 128 valence electrons. The molecule has 0 saturated heterocycles. The third kappa shape index (κ3) is 28.4. The molecular weight excluding hydrogens is 272 g/mol. The molecule has 0 spiro atoms. The van der Waals surface area contributed by atoms with Crippen LogP contribution in [0.1, 0.15) is 53.4 Å². The molecule has 0 rings (SSSR count). The molecule has 0 aromatic carbocycles. The summed E-state index contributed by atoms with van der Waals surface area (Å²) in [6.07, 6.45) is 3.90. The van der Waals surface area contributed by atoms with E-state index in [0.717, 1.165) is 13.0 Å². The lowest BCUT2D eigenvalue weighted by molar-refractivity contribution is -0.120. The number of hydrogen-bond donors (Lipinski definition) is 1. The summed E-state index contributed by atoms with van der Waals surface area (Å²) >= 11 is 0. The number of aliphatic hydroxyl groups is 1. The van der Waals surface area contributed by atoms with E-state index in [-0.39, 0.29) is 12.2 Å². The van der Waals surface area contributed by atoms with Crippen LogP contribution in [0.4, 0.5) is 0 Å². The van der Waals surface area contributed by atoms with Crippen molar-refractivity contribution in [1.82, 2.24) is 0 Å². The number of rotatable bonds is 12. The molecule has 0 fully saturated rings. The predicted octanol–water partition coefficient (Wildman–Crippen LogP) is 2.59. The number of ether oxygens (including phenoxy) is 3. The van der Waals surface area contributed by atoms with E-state index in [1.54, 1.807) is 21.0 Å². The molecule has 0 atom stereocenters. The quantitative estimate of drug-likeness (QED) is 0.561. The van der Waals surface area contributed by atoms with Gasteiger partial charge in [-0.3, -0.25) is 4.79 Å². The van der Waals surface area contributed by atoms with E-state index in [4.69, 9.17) is 19.3 Å². The molecule has 0 aliphatic heterocycles. The molecule has 0 heterocycles. The van der Waals surface area contributed by atoms with E-state index in [0.29, 0.717) is 26.4 Å². The Balaban J connectivity index is 0. The fraction of sp³-hybridized carbons (Fsp3) is 0.938. The number of ketones is 1. The smallest absolute Gasteiger partial charge is 0.132 e. The lowest BCUT2D eigenvalue weighted by Gasteiger charge is -2.13. The zero-order valence-corrected chi connectivity index (χ0v) is 14.4. The zero-order chi connectivity index (χ0) is 16.6. The van der Waals surface area contributed by atoms with Gasteiger partial charge in [0.1, 0.15) is 5.78 Å². The van der Waals surface area contributed by atoms with Gasteiger partial charge in [0.25, 0.3) is 0 Å². The number of Topliss-reactive ketones (excluding diaryl/α,β-unsaturated/α-hetero) is 1. The molecule has 0 amide bonds. The first kappa shape index (κ1) is 22.8. The Bertz CT molecular complexity index is 213. The second-order valence-electron chi connectivity index (χ2n) is 5.62. The van der Waals surface area contributed by atoms with Crippen molar-refractivity contribution in [3.63, 3.8) is 0 Å². The van der Waals surface area contributed by atoms with Gasteiger partial charge in [0.15, 0.2) is 0 Å². The highest BCUT2D eigenvalue weighted by Gasteiger charge is 2.13. The lowest BCUT2D eigenvalue weighted by atomic mass is 10.0. The van der Waals surface area contributed by atoms with Crippen molar-refractivity contribution in [3.8, 4) is 0 Å². The van der Waals surface area contributed by atoms with Crippen molar-refractivity contribution >= 4 is 5.78 Å². The molecular formula is C16H34O5. The van der Waals surface area contributed by atoms with Gasteiger partial charge < -0.3 is 19.3 Å². The summed E-state index contributed by atoms with van der Waals surface area (Å²) in [5.74, 6) is 0.0255. The average Bonchev–Trinajstić information content (AvgIpc) is 2.35. The highest BCUT2D eigenvalue weighted by atomic mass is 16.5. The van der Waals surface area contributed by atoms with Gasteiger partial charge in [-0.1, -0.05) is 19.8 Å². The summed E-state index contributed by atoms with van der Waals surface area (Å²) in [4.78, 5) is 10.3. The van der Waals surface area contributed by atoms with Gasteiger partial charge in [0, 0.05) is 20.1 Å². The van der Waals surface area contributed by atoms with Crippen LogP contribution in [0.25, 0.3) is 0 Å². The van der Waals surface area contributed by atoms with E-state index in [1.165, 1.54) is 19.8 Å². The van der Waals surface area contributed by atoms with Crippen LogP contribution >= 0.6 is 0 Å². The molecule has 21 heavy (non-hydrogen) atoms. The zero-order valence-electron chi connectivity index (χ0n) is 14.4. The van der Waals surface area contributed by atoms with Crippen LogP contribution in [0, 0.1) is 0 Å². The van der Waals surface area contributed by atoms with Crippen molar-refractivity contribution in [2.24, 2.45) is 0 Å². The Kier molecular flexibility index (Phi) is 17.2. The van der Waals surface area contributed by atoms with E-state index >= 15 is 0 Å². The summed E-state index contributed by atoms with van der Waals surface area (Å²) in [7, 11) is 1.67. The number of carbonyl (C=O) groups is 1. The highest BCUT2D eigenvalue weighted by molar-refractivity contribution is 5.76. The van der Waals surface area contributed by atoms with Gasteiger partial charge in [0.2, 0.25) is 0 Å². The van der Waals surface area contributed by atoms with Gasteiger partial charge in [0.05, 0.1) is 32.0 Å². The minimum Gasteiger partial charge on any atom is -0.390 e. The SMILES string of the molecule is CC(=O)CC(C)(C)O.CCCCCOCCOCCOC. The molecule has 0 aliphatic carbocycles. The Morgan fingerprint density at radius 2 is 1.52 bits per heavy atom. The molecule has 0 unspecified atom stereocenters. The van der Waals surface area contributed by atoms with Gasteiger partial charge in [-0.15, -0.1) is 0 Å². The normalized spacial score (nSPS) is 11.0. The summed E-state index contributed by atoms with van der Waals surface area (Å²) in [6, 6.07) is 0. The van der Waals surface area contributed by atoms with E-state index in [1.807, 2.05) is 0 Å². The molecule has 0 saturated carbocycles. The lowest BCUT2D eigenvalue weighted by Crippen LogP contribution is -2.21. The summed E-state index contributed by atoms with van der Waals surface area (Å²) in [6.45, 7) is 10.5. The summed E-state index contributed by atoms with van der Waals surface area (Å²) < 4.78 is 15.4. The van der Waals surface area contributed by atoms with Crippen LogP contribution in [0.15, 0.2) is 0 Å². The maximum absolute atomic E-state index is 10.3. The van der Waals surface area contributed by atoms with Crippen molar-refractivity contribution < 1.29 is 24.1 Å². The fourth-order valence-corrected chi connectivity index (χ4v) is 1.53. The van der Waals surface area contributed by atoms with Crippen LogP contribution in [-0.4, -0.2) is 56.6 Å². The molecule has 5 nitrogen and oxygen atoms in total. The first-order valence-electron chi connectivity index (χ1n) is 7.69. The monoisotopic (exact) mass is 306 g/mol. The van der Waals surface area contributed by atoms with E-state index in [9.17, 15) is 4.79 Å². The van der Waals surface area contributed by atoms with Crippen molar-refractivity contribution in [1.29, 1.82) is 0 Å². The Morgan fingerprint density at radius 1 is 1.00 bits per heavy atom. The third-order valence-corrected chi connectivity index (χ3v) is 2.38. The van der Waals surface area contributed by atoms with Crippen LogP contribution in [0.3, 0.4) is 0 Å². The number of hydrogen-bond acceptors (Lipinski definition) is 5. The van der Waals surface area contributed by atoms with Gasteiger partial charge in [-0.25, -0.2) is 0 Å². The second-order valence-corrected chi connectivity index (χ2v) is 5.62. The van der Waals surface area contributed by atoms with Crippen LogP contribution < -0.4 is 0 Å². The Hall–Kier alpha value is -0.490. The number of carbonyl (C=O) groups excluding carboxylic acids is 1. The summed E-state index contributed by atoms with van der Waals surface area (Å²) in [5, 5.41) is 8.97. The molecule has 5 heteroatoms. The van der Waals surface area contributed by atoms with Gasteiger partial charge in [-0.2, -0.15) is 0 Å². The standard InChI is InChI=1S/C10H22O3.C6H12O2/c1-3-4-5-6-12-9-10-13-8-7-11-2;1-5(7)4-6(2,3)8/h3-10H2,1-2H3;8H,4H2,1-3H3. The first-order chi connectivity index (χ1) is 9.83. The third-order valence-electron chi connectivity index (χ3n) is 2.38. The van der Waals surface area contributed by atoms with Crippen molar-refractivity contribution in [2.75, 3.05) is 40.1 Å². The molecule has 0 radical (unpaired) electrons. The maximum atomic E-state index is 10.3. The van der Waals surface area contributed by atoms with E-state index < -0.39 is 5.60 Å². The summed E-state index contributed by atoms with van der Waals surface area (Å²) in [5.41, 5.74) is -0.828. The van der Waals surface area contributed by atoms with Crippen molar-refractivity contribution in [2.45, 2.75) is 59.0 Å². The van der Waals surface area contributed by atoms with Gasteiger partial charge >= 0.3 is 0 Å². The van der Waals surface area contributed by atoms with Crippen LogP contribution in [-0.2, 0) is 19.0 Å².